The maximum atomic E-state index is 11.1. The van der Waals surface area contributed by atoms with E-state index in [0.29, 0.717) is 0 Å². The third-order valence-electron chi connectivity index (χ3n) is 1.60. The van der Waals surface area contributed by atoms with E-state index >= 15 is 0 Å². The van der Waals surface area contributed by atoms with Crippen LogP contribution in [0.25, 0.3) is 10.2 Å². The van der Waals surface area contributed by atoms with Crippen molar-refractivity contribution in [1.29, 1.82) is 0 Å². The number of hydrogen-bond donors (Lipinski definition) is 0. The number of nitrogens with zero attached hydrogens (tertiary/aromatic N) is 1. The summed E-state index contributed by atoms with van der Waals surface area (Å²) in [6.45, 7) is 0. The average Bonchev–Trinajstić information content (AvgIpc) is 2.30. The first-order valence-electron chi connectivity index (χ1n) is 3.25. The molecule has 0 aliphatic carbocycles. The lowest BCUT2D eigenvalue weighted by atomic mass is 10.3. The van der Waals surface area contributed by atoms with Gasteiger partial charge in [0.2, 0.25) is 0 Å². The molecule has 0 fully saturated rings. The van der Waals surface area contributed by atoms with Crippen LogP contribution >= 0.6 is 11.3 Å². The molecule has 1 aromatic heterocycles. The van der Waals surface area contributed by atoms with Crippen molar-refractivity contribution >= 4 is 21.6 Å². The highest BCUT2D eigenvalue weighted by atomic mass is 32.1. The summed E-state index contributed by atoms with van der Waals surface area (Å²) in [6.07, 6.45) is 0. The van der Waals surface area contributed by atoms with Gasteiger partial charge in [-0.1, -0.05) is 23.5 Å². The molecule has 0 N–H and O–H groups in total. The number of aromatic nitrogens is 1. The normalized spacial score (nSPS) is 10.6. The Kier molecular flexibility index (Phi) is 1.32. The van der Waals surface area contributed by atoms with E-state index in [2.05, 4.69) is 6.07 Å². The standard InChI is InChI=1S/C8H6NOS/c1-9-6-4-2-3-5-7(6)11-8(9)10/h2-3,5H,1H3. The second-order valence-electron chi connectivity index (χ2n) is 2.31. The van der Waals surface area contributed by atoms with Crippen LogP contribution < -0.4 is 4.87 Å². The molecular formula is C8H6NOS. The maximum Gasteiger partial charge on any atom is 0.307 e. The molecule has 0 aliphatic heterocycles. The van der Waals surface area contributed by atoms with Crippen molar-refractivity contribution in [2.75, 3.05) is 0 Å². The molecule has 0 amide bonds. The van der Waals surface area contributed by atoms with Gasteiger partial charge >= 0.3 is 4.87 Å². The van der Waals surface area contributed by atoms with E-state index in [1.807, 2.05) is 18.2 Å². The van der Waals surface area contributed by atoms with Crippen molar-refractivity contribution in [2.24, 2.45) is 7.05 Å². The smallest absolute Gasteiger partial charge is 0.301 e. The second kappa shape index (κ2) is 2.20. The quantitative estimate of drug-likeness (QED) is 0.577. The maximum absolute atomic E-state index is 11.1. The molecule has 0 aliphatic rings. The van der Waals surface area contributed by atoms with E-state index < -0.39 is 0 Å². The van der Waals surface area contributed by atoms with Gasteiger partial charge in [-0.15, -0.1) is 0 Å². The molecule has 11 heavy (non-hydrogen) atoms. The highest BCUT2D eigenvalue weighted by molar-refractivity contribution is 7.16. The van der Waals surface area contributed by atoms with Gasteiger partial charge in [-0.05, 0) is 6.07 Å². The fourth-order valence-electron chi connectivity index (χ4n) is 1.01. The van der Waals surface area contributed by atoms with Gasteiger partial charge in [0.1, 0.15) is 0 Å². The van der Waals surface area contributed by atoms with Crippen LogP contribution in [0.15, 0.2) is 23.0 Å². The van der Waals surface area contributed by atoms with Gasteiger partial charge in [0.15, 0.2) is 0 Å². The van der Waals surface area contributed by atoms with Crippen LogP contribution in [0.4, 0.5) is 0 Å². The molecule has 1 aromatic carbocycles. The van der Waals surface area contributed by atoms with Crippen LogP contribution in [-0.2, 0) is 7.05 Å². The first-order chi connectivity index (χ1) is 5.29. The average molecular weight is 164 g/mol. The van der Waals surface area contributed by atoms with Crippen LogP contribution in [0.3, 0.4) is 0 Å². The van der Waals surface area contributed by atoms with Crippen LogP contribution in [0.1, 0.15) is 0 Å². The van der Waals surface area contributed by atoms with Crippen molar-refractivity contribution in [3.8, 4) is 0 Å². The SMILES string of the molecule is Cn1c(=O)sc2ccc[c]c21. The van der Waals surface area contributed by atoms with Gasteiger partial charge in [-0.3, -0.25) is 4.79 Å². The molecular weight excluding hydrogens is 158 g/mol. The number of aryl methyl sites for hydroxylation is 1. The molecule has 2 rings (SSSR count). The molecule has 3 heteroatoms. The summed E-state index contributed by atoms with van der Waals surface area (Å²) in [4.78, 5) is 11.2. The molecule has 0 bridgehead atoms. The van der Waals surface area contributed by atoms with Crippen LogP contribution in [-0.4, -0.2) is 4.57 Å². The number of thiazole rings is 1. The summed E-state index contributed by atoms with van der Waals surface area (Å²) in [5, 5.41) is 0. The zero-order valence-corrected chi connectivity index (χ0v) is 6.81. The molecule has 0 saturated heterocycles. The minimum Gasteiger partial charge on any atom is -0.301 e. The fraction of sp³-hybridized carbons (Fsp3) is 0.125. The Balaban J connectivity index is 3.04. The number of para-hydroxylation sites is 1. The largest absolute Gasteiger partial charge is 0.307 e. The Labute approximate surface area is 67.7 Å². The van der Waals surface area contributed by atoms with Crippen molar-refractivity contribution in [1.82, 2.24) is 4.57 Å². The van der Waals surface area contributed by atoms with E-state index in [4.69, 9.17) is 0 Å². The zero-order chi connectivity index (χ0) is 7.84. The molecule has 1 heterocycles. The van der Waals surface area contributed by atoms with Crippen LogP contribution in [0.2, 0.25) is 0 Å². The van der Waals surface area contributed by atoms with Crippen molar-refractivity contribution < 1.29 is 0 Å². The van der Waals surface area contributed by atoms with Gasteiger partial charge in [-0.25, -0.2) is 0 Å². The Morgan fingerprint density at radius 3 is 3.18 bits per heavy atom. The molecule has 2 nitrogen and oxygen atoms in total. The third kappa shape index (κ3) is 0.886. The van der Waals surface area contributed by atoms with E-state index in [0.717, 1.165) is 10.2 Å². The Bertz CT molecular complexity index is 441. The lowest BCUT2D eigenvalue weighted by molar-refractivity contribution is 0.938. The van der Waals surface area contributed by atoms with Crippen molar-refractivity contribution in [2.45, 2.75) is 0 Å². The highest BCUT2D eigenvalue weighted by Gasteiger charge is 2.00. The van der Waals surface area contributed by atoms with Crippen molar-refractivity contribution in [3.05, 3.63) is 33.9 Å². The van der Waals surface area contributed by atoms with E-state index in [1.54, 1.807) is 11.6 Å². The van der Waals surface area contributed by atoms with Gasteiger partial charge in [-0.2, -0.15) is 0 Å². The molecule has 1 radical (unpaired) electrons. The molecule has 0 unspecified atom stereocenters. The molecule has 0 spiro atoms. The summed E-state index contributed by atoms with van der Waals surface area (Å²) in [6, 6.07) is 8.64. The lowest BCUT2D eigenvalue weighted by Gasteiger charge is -1.89. The van der Waals surface area contributed by atoms with E-state index in [9.17, 15) is 4.79 Å². The summed E-state index contributed by atoms with van der Waals surface area (Å²) >= 11 is 1.25. The first kappa shape index (κ1) is 6.61. The predicted octanol–water partition coefficient (Wildman–Crippen LogP) is 1.40. The Hall–Kier alpha value is -1.09. The van der Waals surface area contributed by atoms with Crippen LogP contribution in [0.5, 0.6) is 0 Å². The first-order valence-corrected chi connectivity index (χ1v) is 4.07. The lowest BCUT2D eigenvalue weighted by Crippen LogP contribution is -2.06. The number of rotatable bonds is 0. The minimum atomic E-state index is 0.0717. The third-order valence-corrected chi connectivity index (χ3v) is 2.60. The van der Waals surface area contributed by atoms with Gasteiger partial charge in [0, 0.05) is 13.1 Å². The topological polar surface area (TPSA) is 22.0 Å². The Morgan fingerprint density at radius 2 is 2.45 bits per heavy atom. The van der Waals surface area contributed by atoms with E-state index in [1.165, 1.54) is 11.3 Å². The van der Waals surface area contributed by atoms with Crippen LogP contribution in [0, 0.1) is 6.07 Å². The van der Waals surface area contributed by atoms with Gasteiger partial charge in [0.25, 0.3) is 0 Å². The monoisotopic (exact) mass is 164 g/mol. The molecule has 0 saturated carbocycles. The summed E-state index contributed by atoms with van der Waals surface area (Å²) < 4.78 is 2.61. The zero-order valence-electron chi connectivity index (χ0n) is 6.00. The molecule has 0 atom stereocenters. The highest BCUT2D eigenvalue weighted by Crippen LogP contribution is 2.13. The van der Waals surface area contributed by atoms with Gasteiger partial charge < -0.3 is 4.57 Å². The molecule has 2 aromatic rings. The summed E-state index contributed by atoms with van der Waals surface area (Å²) in [5.41, 5.74) is 0.891. The summed E-state index contributed by atoms with van der Waals surface area (Å²) in [7, 11) is 1.76. The second-order valence-corrected chi connectivity index (χ2v) is 3.30. The van der Waals surface area contributed by atoms with E-state index in [-0.39, 0.29) is 4.87 Å². The molecule has 55 valence electrons. The number of benzene rings is 1. The Morgan fingerprint density at radius 1 is 1.64 bits per heavy atom. The summed E-state index contributed by atoms with van der Waals surface area (Å²) in [5.74, 6) is 0. The number of fused-ring (bicyclic) bond motifs is 1. The predicted molar refractivity (Wildman–Crippen MR) is 45.9 cm³/mol. The number of hydrogen-bond acceptors (Lipinski definition) is 2. The minimum absolute atomic E-state index is 0.0717. The van der Waals surface area contributed by atoms with Crippen molar-refractivity contribution in [3.63, 3.8) is 0 Å². The van der Waals surface area contributed by atoms with Gasteiger partial charge in [0.05, 0.1) is 10.2 Å². The fourth-order valence-corrected chi connectivity index (χ4v) is 1.87.